The van der Waals surface area contributed by atoms with E-state index < -0.39 is 0 Å². The molecule has 0 aliphatic carbocycles. The molecule has 1 unspecified atom stereocenters. The summed E-state index contributed by atoms with van der Waals surface area (Å²) in [5.74, 6) is 0.703. The Balaban J connectivity index is 1.77. The van der Waals surface area contributed by atoms with E-state index in [1.807, 2.05) is 19.1 Å². The molecule has 8 heteroatoms. The van der Waals surface area contributed by atoms with Crippen LogP contribution in [0.2, 0.25) is 5.02 Å². The Kier molecular flexibility index (Phi) is 5.46. The number of hydrogen-bond donors (Lipinski definition) is 0. The third-order valence-corrected chi connectivity index (χ3v) is 4.58. The Labute approximate surface area is 156 Å². The fourth-order valence-electron chi connectivity index (χ4n) is 3.01. The zero-order valence-electron chi connectivity index (χ0n) is 14.7. The van der Waals surface area contributed by atoms with Gasteiger partial charge in [-0.2, -0.15) is 4.80 Å². The Hall–Kier alpha value is -2.54. The van der Waals surface area contributed by atoms with Crippen molar-refractivity contribution in [3.8, 4) is 0 Å². The lowest BCUT2D eigenvalue weighted by atomic mass is 10.0. The summed E-state index contributed by atoms with van der Waals surface area (Å²) in [6.45, 7) is 4.55. The largest absolute Gasteiger partial charge is 0.336 e. The molecule has 1 aromatic carbocycles. The molecule has 2 aromatic rings. The Bertz CT molecular complexity index is 861. The highest BCUT2D eigenvalue weighted by Crippen LogP contribution is 2.19. The molecule has 1 aliphatic heterocycles. The maximum Gasteiger partial charge on any atom is 0.246 e. The molecule has 7 nitrogen and oxygen atoms in total. The van der Waals surface area contributed by atoms with Gasteiger partial charge in [-0.25, -0.2) is 0 Å². The highest BCUT2D eigenvalue weighted by atomic mass is 35.5. The van der Waals surface area contributed by atoms with Gasteiger partial charge in [-0.3, -0.25) is 9.59 Å². The van der Waals surface area contributed by atoms with Crippen molar-refractivity contribution < 1.29 is 9.59 Å². The van der Waals surface area contributed by atoms with Crippen LogP contribution in [0.1, 0.15) is 36.7 Å². The number of likely N-dealkylation sites (tertiary alicyclic amines) is 1. The molecular weight excluding hydrogens is 354 g/mol. The number of rotatable bonds is 4. The van der Waals surface area contributed by atoms with Crippen LogP contribution >= 0.6 is 11.6 Å². The van der Waals surface area contributed by atoms with Crippen molar-refractivity contribution in [3.63, 3.8) is 0 Å². The van der Waals surface area contributed by atoms with Gasteiger partial charge in [-0.15, -0.1) is 10.2 Å². The third-order valence-electron chi connectivity index (χ3n) is 4.34. The number of tetrazole rings is 1. The lowest BCUT2D eigenvalue weighted by molar-refractivity contribution is -0.133. The van der Waals surface area contributed by atoms with Gasteiger partial charge >= 0.3 is 0 Å². The van der Waals surface area contributed by atoms with Crippen LogP contribution in [0, 0.1) is 6.92 Å². The number of aryl methyl sites for hydroxylation is 1. The first kappa shape index (κ1) is 18.3. The normalized spacial score (nSPS) is 17.9. The SMILES string of the molecule is Cc1nnn(Cc2cc(Cl)ccc2/C=C/C(=O)N2CCC(=O)CC2C)n1. The first-order chi connectivity index (χ1) is 12.4. The number of nitrogens with zero attached hydrogens (tertiary/aromatic N) is 5. The van der Waals surface area contributed by atoms with Gasteiger partial charge in [0.2, 0.25) is 5.91 Å². The van der Waals surface area contributed by atoms with Crippen LogP contribution in [0.25, 0.3) is 6.08 Å². The van der Waals surface area contributed by atoms with Gasteiger partial charge in [0.1, 0.15) is 5.78 Å². The predicted molar refractivity (Wildman–Crippen MR) is 97.6 cm³/mol. The number of carbonyl (C=O) groups excluding carboxylic acids is 2. The average Bonchev–Trinajstić information content (AvgIpc) is 2.99. The van der Waals surface area contributed by atoms with Gasteiger partial charge in [0.15, 0.2) is 5.82 Å². The van der Waals surface area contributed by atoms with Crippen molar-refractivity contribution in [2.45, 2.75) is 39.3 Å². The maximum absolute atomic E-state index is 12.5. The molecule has 1 atom stereocenters. The third kappa shape index (κ3) is 4.35. The van der Waals surface area contributed by atoms with Gasteiger partial charge in [0.25, 0.3) is 0 Å². The first-order valence-corrected chi connectivity index (χ1v) is 8.83. The van der Waals surface area contributed by atoms with E-state index in [0.29, 0.717) is 36.8 Å². The van der Waals surface area contributed by atoms with Crippen LogP contribution in [-0.2, 0) is 16.1 Å². The zero-order chi connectivity index (χ0) is 18.7. The van der Waals surface area contributed by atoms with E-state index in [4.69, 9.17) is 11.6 Å². The van der Waals surface area contributed by atoms with Crippen molar-refractivity contribution in [2.24, 2.45) is 0 Å². The molecular formula is C18H20ClN5O2. The molecule has 26 heavy (non-hydrogen) atoms. The van der Waals surface area contributed by atoms with E-state index in [1.54, 1.807) is 30.0 Å². The number of piperidine rings is 1. The van der Waals surface area contributed by atoms with Gasteiger partial charge < -0.3 is 4.90 Å². The Morgan fingerprint density at radius 3 is 2.92 bits per heavy atom. The second-order valence-electron chi connectivity index (χ2n) is 6.42. The van der Waals surface area contributed by atoms with Gasteiger partial charge in [0.05, 0.1) is 6.54 Å². The van der Waals surface area contributed by atoms with E-state index in [0.717, 1.165) is 11.1 Å². The lowest BCUT2D eigenvalue weighted by Gasteiger charge is -2.31. The second-order valence-corrected chi connectivity index (χ2v) is 6.85. The number of ketones is 1. The summed E-state index contributed by atoms with van der Waals surface area (Å²) in [5, 5.41) is 12.6. The Morgan fingerprint density at radius 2 is 2.23 bits per heavy atom. The van der Waals surface area contributed by atoms with Gasteiger partial charge in [-0.05, 0) is 48.4 Å². The number of carbonyl (C=O) groups is 2. The highest BCUT2D eigenvalue weighted by molar-refractivity contribution is 6.30. The number of halogens is 1. The summed E-state index contributed by atoms with van der Waals surface area (Å²) < 4.78 is 0. The highest BCUT2D eigenvalue weighted by Gasteiger charge is 2.25. The Morgan fingerprint density at radius 1 is 1.42 bits per heavy atom. The summed E-state index contributed by atoms with van der Waals surface area (Å²) in [7, 11) is 0. The number of hydrogen-bond acceptors (Lipinski definition) is 5. The maximum atomic E-state index is 12.5. The van der Waals surface area contributed by atoms with E-state index in [1.165, 1.54) is 4.80 Å². The number of aromatic nitrogens is 4. The minimum absolute atomic E-state index is 0.0691. The summed E-state index contributed by atoms with van der Waals surface area (Å²) in [4.78, 5) is 27.2. The molecule has 1 saturated heterocycles. The quantitative estimate of drug-likeness (QED) is 0.768. The van der Waals surface area contributed by atoms with Crippen molar-refractivity contribution in [1.82, 2.24) is 25.1 Å². The summed E-state index contributed by atoms with van der Waals surface area (Å²) in [6, 6.07) is 5.39. The van der Waals surface area contributed by atoms with Crippen LogP contribution in [0.15, 0.2) is 24.3 Å². The molecule has 1 aromatic heterocycles. The lowest BCUT2D eigenvalue weighted by Crippen LogP contribution is -2.44. The fraction of sp³-hybridized carbons (Fsp3) is 0.389. The van der Waals surface area contributed by atoms with Crippen LogP contribution in [-0.4, -0.2) is 49.4 Å². The first-order valence-electron chi connectivity index (χ1n) is 8.45. The molecule has 1 amide bonds. The van der Waals surface area contributed by atoms with Crippen LogP contribution in [0.4, 0.5) is 0 Å². The number of benzene rings is 1. The van der Waals surface area contributed by atoms with Crippen LogP contribution < -0.4 is 0 Å². The van der Waals surface area contributed by atoms with Crippen molar-refractivity contribution in [3.05, 3.63) is 46.2 Å². The van der Waals surface area contributed by atoms with Gasteiger partial charge in [-0.1, -0.05) is 17.7 Å². The molecule has 0 spiro atoms. The van der Waals surface area contributed by atoms with Crippen LogP contribution in [0.3, 0.4) is 0 Å². The van der Waals surface area contributed by atoms with Crippen LogP contribution in [0.5, 0.6) is 0 Å². The second kappa shape index (κ2) is 7.78. The monoisotopic (exact) mass is 373 g/mol. The summed E-state index contributed by atoms with van der Waals surface area (Å²) in [5.41, 5.74) is 1.75. The van der Waals surface area contributed by atoms with Gasteiger partial charge in [0, 0.05) is 36.5 Å². The minimum Gasteiger partial charge on any atom is -0.336 e. The molecule has 3 rings (SSSR count). The molecule has 0 saturated carbocycles. The summed E-state index contributed by atoms with van der Waals surface area (Å²) in [6.07, 6.45) is 4.15. The average molecular weight is 374 g/mol. The standard InChI is InChI=1S/C18H20ClN5O2/c1-12-9-17(25)7-8-23(12)18(26)6-4-14-3-5-16(19)10-15(14)11-24-21-13(2)20-22-24/h3-6,10,12H,7-9,11H2,1-2H3/b6-4+. The van der Waals surface area contributed by atoms with E-state index in [9.17, 15) is 9.59 Å². The number of Topliss-reactive ketones (excluding diaryl/α,β-unsaturated/α-hetero) is 1. The molecule has 1 fully saturated rings. The molecule has 136 valence electrons. The van der Waals surface area contributed by atoms with Crippen molar-refractivity contribution in [1.29, 1.82) is 0 Å². The molecule has 0 bridgehead atoms. The fourth-order valence-corrected chi connectivity index (χ4v) is 3.20. The molecule has 1 aliphatic rings. The molecule has 0 radical (unpaired) electrons. The van der Waals surface area contributed by atoms with Crippen molar-refractivity contribution >= 4 is 29.4 Å². The zero-order valence-corrected chi connectivity index (χ0v) is 15.5. The van der Waals surface area contributed by atoms with E-state index in [2.05, 4.69) is 15.4 Å². The van der Waals surface area contributed by atoms with Crippen molar-refractivity contribution in [2.75, 3.05) is 6.54 Å². The smallest absolute Gasteiger partial charge is 0.246 e. The minimum atomic E-state index is -0.0966. The topological polar surface area (TPSA) is 81.0 Å². The van der Waals surface area contributed by atoms with E-state index in [-0.39, 0.29) is 17.7 Å². The summed E-state index contributed by atoms with van der Waals surface area (Å²) >= 11 is 6.11. The predicted octanol–water partition coefficient (Wildman–Crippen LogP) is 2.28. The molecule has 0 N–H and O–H groups in total. The van der Waals surface area contributed by atoms with E-state index >= 15 is 0 Å². The molecule has 2 heterocycles. The number of amides is 1.